The van der Waals surface area contributed by atoms with Crippen LogP contribution in [0.15, 0.2) is 53.7 Å². The minimum atomic E-state index is -0.794. The van der Waals surface area contributed by atoms with E-state index >= 15 is 0 Å². The zero-order valence-corrected chi connectivity index (χ0v) is 23.2. The largest absolute Gasteiger partial charge is 0.493 e. The summed E-state index contributed by atoms with van der Waals surface area (Å²) in [6.07, 6.45) is 0. The Balaban J connectivity index is 1.62. The van der Waals surface area contributed by atoms with Crippen molar-refractivity contribution < 1.29 is 28.6 Å². The van der Waals surface area contributed by atoms with E-state index in [4.69, 9.17) is 14.2 Å². The van der Waals surface area contributed by atoms with E-state index in [2.05, 4.69) is 10.2 Å². The third kappa shape index (κ3) is 5.85. The van der Waals surface area contributed by atoms with Crippen LogP contribution in [0.5, 0.6) is 11.5 Å². The van der Waals surface area contributed by atoms with Gasteiger partial charge in [0.15, 0.2) is 11.5 Å². The van der Waals surface area contributed by atoms with E-state index in [9.17, 15) is 14.4 Å². The van der Waals surface area contributed by atoms with Crippen LogP contribution in [0.4, 0.5) is 4.79 Å². The lowest BCUT2D eigenvalue weighted by Gasteiger charge is -2.39. The van der Waals surface area contributed by atoms with Crippen LogP contribution in [0, 0.1) is 6.92 Å². The van der Waals surface area contributed by atoms with Gasteiger partial charge < -0.3 is 24.4 Å². The molecular weight excluding hydrogens is 500 g/mol. The molecular formula is C29H36N4O6. The van der Waals surface area contributed by atoms with Gasteiger partial charge in [0.2, 0.25) is 0 Å². The van der Waals surface area contributed by atoms with Crippen LogP contribution >= 0.6 is 0 Å². The minimum Gasteiger partial charge on any atom is -0.493 e. The van der Waals surface area contributed by atoms with Gasteiger partial charge in [-0.2, -0.15) is 0 Å². The number of nitrogens with one attached hydrogen (secondary N) is 1. The average Bonchev–Trinajstić information content (AvgIpc) is 2.95. The van der Waals surface area contributed by atoms with Crippen LogP contribution in [0.25, 0.3) is 0 Å². The summed E-state index contributed by atoms with van der Waals surface area (Å²) >= 11 is 0. The maximum atomic E-state index is 13.4. The number of carbonyl (C=O) groups is 3. The number of piperazine rings is 1. The lowest BCUT2D eigenvalue weighted by atomic mass is 9.93. The summed E-state index contributed by atoms with van der Waals surface area (Å²) in [4.78, 5) is 44.9. The van der Waals surface area contributed by atoms with Gasteiger partial charge in [-0.1, -0.05) is 29.8 Å². The van der Waals surface area contributed by atoms with E-state index in [1.807, 2.05) is 36.1 Å². The monoisotopic (exact) mass is 536 g/mol. The maximum absolute atomic E-state index is 13.4. The fourth-order valence-electron chi connectivity index (χ4n) is 4.97. The molecule has 0 radical (unpaired) electrons. The summed E-state index contributed by atoms with van der Waals surface area (Å²) in [6, 6.07) is 11.8. The molecule has 2 aromatic carbocycles. The first-order chi connectivity index (χ1) is 18.8. The topological polar surface area (TPSA) is 101 Å². The Morgan fingerprint density at radius 2 is 1.69 bits per heavy atom. The van der Waals surface area contributed by atoms with E-state index in [1.54, 1.807) is 32.2 Å². The number of amides is 3. The number of rotatable bonds is 8. The number of ether oxygens (including phenoxy) is 3. The Labute approximate surface area is 229 Å². The van der Waals surface area contributed by atoms with Gasteiger partial charge in [0.1, 0.15) is 0 Å². The third-order valence-electron chi connectivity index (χ3n) is 7.15. The summed E-state index contributed by atoms with van der Waals surface area (Å²) in [5.41, 5.74) is 3.24. The van der Waals surface area contributed by atoms with Crippen LogP contribution in [0.2, 0.25) is 0 Å². The van der Waals surface area contributed by atoms with Gasteiger partial charge in [-0.05, 0) is 32.0 Å². The van der Waals surface area contributed by atoms with Crippen molar-refractivity contribution in [1.82, 2.24) is 20.0 Å². The second-order valence-electron chi connectivity index (χ2n) is 9.54. The Hall–Kier alpha value is -4.05. The molecule has 0 saturated carbocycles. The number of hydrogen-bond acceptors (Lipinski definition) is 7. The molecule has 10 nitrogen and oxygen atoms in total. The number of nitrogens with zero attached hydrogens (tertiary/aromatic N) is 3. The van der Waals surface area contributed by atoms with Gasteiger partial charge >= 0.3 is 12.0 Å². The fourth-order valence-corrected chi connectivity index (χ4v) is 4.97. The molecule has 2 aliphatic rings. The SMILES string of the molecule is CCOC(=O)C1=C(CN2CCN(C(=O)c3ccc(C)cc3)CC2)N(C)C(=O)N[C@H]1c1cccc(OC)c1OC. The third-order valence-corrected chi connectivity index (χ3v) is 7.15. The quantitative estimate of drug-likeness (QED) is 0.518. The molecule has 1 N–H and O–H groups in total. The first-order valence-corrected chi connectivity index (χ1v) is 13.0. The summed E-state index contributed by atoms with van der Waals surface area (Å²) < 4.78 is 16.5. The number of urea groups is 1. The molecule has 4 rings (SSSR count). The van der Waals surface area contributed by atoms with E-state index in [0.29, 0.717) is 66.6 Å². The standard InChI is InChI=1S/C29H36N4O6/c1-6-39-28(35)24-22(18-32-14-16-33(17-15-32)27(34)20-12-10-19(2)11-13-20)31(3)29(36)30-25(24)21-8-7-9-23(37-4)26(21)38-5/h7-13,25H,6,14-18H2,1-5H3,(H,30,36)/t25-/m0/s1. The lowest BCUT2D eigenvalue weighted by molar-refractivity contribution is -0.139. The highest BCUT2D eigenvalue weighted by atomic mass is 16.5. The van der Waals surface area contributed by atoms with Crippen molar-refractivity contribution in [2.24, 2.45) is 0 Å². The predicted molar refractivity (Wildman–Crippen MR) is 146 cm³/mol. The van der Waals surface area contributed by atoms with Crippen molar-refractivity contribution >= 4 is 17.9 Å². The van der Waals surface area contributed by atoms with E-state index < -0.39 is 12.0 Å². The molecule has 2 heterocycles. The van der Waals surface area contributed by atoms with Crippen LogP contribution in [-0.4, -0.2) is 93.2 Å². The summed E-state index contributed by atoms with van der Waals surface area (Å²) in [6.45, 7) is 6.54. The molecule has 2 aromatic rings. The highest BCUT2D eigenvalue weighted by Crippen LogP contribution is 2.40. The van der Waals surface area contributed by atoms with Gasteiger partial charge in [-0.25, -0.2) is 9.59 Å². The summed E-state index contributed by atoms with van der Waals surface area (Å²) in [5.74, 6) is 0.407. The average molecular weight is 537 g/mol. The van der Waals surface area contributed by atoms with Crippen molar-refractivity contribution in [2.75, 3.05) is 60.6 Å². The zero-order valence-electron chi connectivity index (χ0n) is 23.2. The van der Waals surface area contributed by atoms with Crippen molar-refractivity contribution in [1.29, 1.82) is 0 Å². The molecule has 208 valence electrons. The van der Waals surface area contributed by atoms with Gasteiger partial charge in [0.25, 0.3) is 5.91 Å². The molecule has 10 heteroatoms. The molecule has 0 aromatic heterocycles. The second-order valence-corrected chi connectivity index (χ2v) is 9.54. The summed E-state index contributed by atoms with van der Waals surface area (Å²) in [7, 11) is 4.69. The molecule has 0 aliphatic carbocycles. The van der Waals surface area contributed by atoms with E-state index in [0.717, 1.165) is 5.56 Å². The zero-order chi connectivity index (χ0) is 28.1. The molecule has 2 aliphatic heterocycles. The number of benzene rings is 2. The minimum absolute atomic E-state index is 0.000393. The van der Waals surface area contributed by atoms with Crippen molar-refractivity contribution in [2.45, 2.75) is 19.9 Å². The van der Waals surface area contributed by atoms with Gasteiger partial charge in [-0.3, -0.25) is 14.6 Å². The van der Waals surface area contributed by atoms with Crippen LogP contribution < -0.4 is 14.8 Å². The van der Waals surface area contributed by atoms with Gasteiger partial charge in [0.05, 0.1) is 32.4 Å². The number of para-hydroxylation sites is 1. The molecule has 0 bridgehead atoms. The van der Waals surface area contributed by atoms with Gasteiger partial charge in [-0.15, -0.1) is 0 Å². The molecule has 3 amide bonds. The molecule has 39 heavy (non-hydrogen) atoms. The molecule has 1 saturated heterocycles. The highest BCUT2D eigenvalue weighted by Gasteiger charge is 2.39. The number of esters is 1. The molecule has 0 unspecified atom stereocenters. The smallest absolute Gasteiger partial charge is 0.338 e. The number of likely N-dealkylation sites (N-methyl/N-ethyl adjacent to an activating group) is 1. The maximum Gasteiger partial charge on any atom is 0.338 e. The number of methoxy groups -OCH3 is 2. The van der Waals surface area contributed by atoms with Crippen molar-refractivity contribution in [3.05, 3.63) is 70.4 Å². The van der Waals surface area contributed by atoms with Gasteiger partial charge in [0, 0.05) is 56.6 Å². The predicted octanol–water partition coefficient (Wildman–Crippen LogP) is 2.98. The highest BCUT2D eigenvalue weighted by molar-refractivity contribution is 5.96. The lowest BCUT2D eigenvalue weighted by Crippen LogP contribution is -2.53. The Morgan fingerprint density at radius 1 is 1.00 bits per heavy atom. The Morgan fingerprint density at radius 3 is 2.31 bits per heavy atom. The second kappa shape index (κ2) is 12.2. The summed E-state index contributed by atoms with van der Waals surface area (Å²) in [5, 5.41) is 2.93. The normalized spacial score (nSPS) is 18.1. The first-order valence-electron chi connectivity index (χ1n) is 13.0. The Kier molecular flexibility index (Phi) is 8.75. The first kappa shape index (κ1) is 28.0. The van der Waals surface area contributed by atoms with E-state index in [1.165, 1.54) is 19.1 Å². The number of carbonyl (C=O) groups excluding carboxylic acids is 3. The Bertz CT molecular complexity index is 1250. The fraction of sp³-hybridized carbons (Fsp3) is 0.414. The van der Waals surface area contributed by atoms with Crippen LogP contribution in [-0.2, 0) is 9.53 Å². The molecule has 1 atom stereocenters. The molecule has 1 fully saturated rings. The molecule has 0 spiro atoms. The van der Waals surface area contributed by atoms with Crippen LogP contribution in [0.1, 0.15) is 34.5 Å². The number of hydrogen-bond donors (Lipinski definition) is 1. The van der Waals surface area contributed by atoms with Crippen LogP contribution in [0.3, 0.4) is 0 Å². The van der Waals surface area contributed by atoms with E-state index in [-0.39, 0.29) is 18.5 Å². The van der Waals surface area contributed by atoms with Crippen molar-refractivity contribution in [3.63, 3.8) is 0 Å². The number of aryl methyl sites for hydroxylation is 1. The van der Waals surface area contributed by atoms with Crippen molar-refractivity contribution in [3.8, 4) is 11.5 Å².